The molecule has 0 radical (unpaired) electrons. The van der Waals surface area contributed by atoms with Crippen LogP contribution in [0.25, 0.3) is 0 Å². The molecule has 0 amide bonds. The second-order valence-electron chi connectivity index (χ2n) is 9.75. The number of hydrogen-bond donors (Lipinski definition) is 0. The van der Waals surface area contributed by atoms with Crippen LogP contribution in [0, 0.1) is 6.92 Å². The van der Waals surface area contributed by atoms with Crippen molar-refractivity contribution >= 4 is 5.69 Å². The van der Waals surface area contributed by atoms with Crippen molar-refractivity contribution < 1.29 is 4.74 Å². The molecule has 3 rings (SSSR count). The Morgan fingerprint density at radius 3 is 2.37 bits per heavy atom. The number of ether oxygens (including phenoxy) is 1. The second-order valence-corrected chi connectivity index (χ2v) is 9.75. The normalized spacial score (nSPS) is 18.9. The zero-order chi connectivity index (χ0) is 19.8. The minimum atomic E-state index is 0.139. The Kier molecular flexibility index (Phi) is 5.29. The molecule has 0 bridgehead atoms. The lowest BCUT2D eigenvalue weighted by Crippen LogP contribution is -2.50. The molecular weight excluding hydrogens is 330 g/mol. The third-order valence-corrected chi connectivity index (χ3v) is 5.85. The molecule has 1 unspecified atom stereocenters. The molecule has 2 aromatic carbocycles. The van der Waals surface area contributed by atoms with Crippen molar-refractivity contribution in [3.8, 4) is 5.75 Å². The summed E-state index contributed by atoms with van der Waals surface area (Å²) in [6, 6.07) is 15.4. The highest BCUT2D eigenvalue weighted by Gasteiger charge is 2.36. The van der Waals surface area contributed by atoms with Crippen LogP contribution in [0.4, 0.5) is 5.69 Å². The Morgan fingerprint density at radius 2 is 1.74 bits per heavy atom. The maximum absolute atomic E-state index is 6.10. The van der Waals surface area contributed by atoms with Crippen LogP contribution in [0.5, 0.6) is 5.75 Å². The Morgan fingerprint density at radius 1 is 1.07 bits per heavy atom. The maximum atomic E-state index is 6.10. The van der Waals surface area contributed by atoms with E-state index in [1.165, 1.54) is 28.8 Å². The lowest BCUT2D eigenvalue weighted by Gasteiger charge is -2.47. The van der Waals surface area contributed by atoms with Gasteiger partial charge in [-0.05, 0) is 73.4 Å². The standard InChI is InChI=1S/C25H35NO/c1-18-8-13-22-19(2)17-25(6,7)26(23(22)16-18)14-15-27-21-11-9-20(10-12-21)24(3,4)5/h8-13,16,19H,14-15,17H2,1-7H3. The summed E-state index contributed by atoms with van der Waals surface area (Å²) >= 11 is 0. The minimum absolute atomic E-state index is 0.139. The number of aryl methyl sites for hydroxylation is 1. The van der Waals surface area contributed by atoms with Gasteiger partial charge in [-0.25, -0.2) is 0 Å². The Balaban J connectivity index is 1.72. The van der Waals surface area contributed by atoms with Crippen molar-refractivity contribution in [2.24, 2.45) is 0 Å². The van der Waals surface area contributed by atoms with Gasteiger partial charge >= 0.3 is 0 Å². The van der Waals surface area contributed by atoms with Gasteiger partial charge in [0.2, 0.25) is 0 Å². The predicted molar refractivity (Wildman–Crippen MR) is 116 cm³/mol. The van der Waals surface area contributed by atoms with Crippen LogP contribution in [0.2, 0.25) is 0 Å². The number of nitrogens with zero attached hydrogens (tertiary/aromatic N) is 1. The van der Waals surface area contributed by atoms with E-state index in [0.29, 0.717) is 12.5 Å². The largest absolute Gasteiger partial charge is 0.492 e. The topological polar surface area (TPSA) is 12.5 Å². The Bertz CT molecular complexity index is 783. The molecule has 1 aliphatic rings. The molecule has 2 nitrogen and oxygen atoms in total. The fraction of sp³-hybridized carbons (Fsp3) is 0.520. The van der Waals surface area contributed by atoms with Crippen LogP contribution < -0.4 is 9.64 Å². The minimum Gasteiger partial charge on any atom is -0.492 e. The van der Waals surface area contributed by atoms with E-state index in [2.05, 4.69) is 95.8 Å². The van der Waals surface area contributed by atoms with Gasteiger partial charge in [-0.15, -0.1) is 0 Å². The summed E-state index contributed by atoms with van der Waals surface area (Å²) in [7, 11) is 0. The van der Waals surface area contributed by atoms with Gasteiger partial charge in [-0.2, -0.15) is 0 Å². The van der Waals surface area contributed by atoms with Gasteiger partial charge in [-0.3, -0.25) is 0 Å². The summed E-state index contributed by atoms with van der Waals surface area (Å²) < 4.78 is 6.10. The first-order chi connectivity index (χ1) is 12.6. The first-order valence-electron chi connectivity index (χ1n) is 10.2. The van der Waals surface area contributed by atoms with E-state index in [1.54, 1.807) is 0 Å². The van der Waals surface area contributed by atoms with E-state index in [0.717, 1.165) is 12.3 Å². The number of benzene rings is 2. The number of rotatable bonds is 4. The first kappa shape index (κ1) is 19.8. The number of hydrogen-bond acceptors (Lipinski definition) is 2. The fourth-order valence-corrected chi connectivity index (χ4v) is 4.33. The second kappa shape index (κ2) is 7.22. The van der Waals surface area contributed by atoms with E-state index in [4.69, 9.17) is 4.74 Å². The molecule has 1 aliphatic heterocycles. The van der Waals surface area contributed by atoms with Crippen molar-refractivity contribution in [2.45, 2.75) is 71.8 Å². The molecule has 0 spiro atoms. The molecule has 2 aromatic rings. The monoisotopic (exact) mass is 365 g/mol. The molecule has 2 heteroatoms. The third-order valence-electron chi connectivity index (χ3n) is 5.85. The lowest BCUT2D eigenvalue weighted by molar-refractivity contribution is 0.294. The summed E-state index contributed by atoms with van der Waals surface area (Å²) in [4.78, 5) is 2.54. The predicted octanol–water partition coefficient (Wildman–Crippen LogP) is 6.46. The fourth-order valence-electron chi connectivity index (χ4n) is 4.33. The van der Waals surface area contributed by atoms with Crippen LogP contribution in [-0.4, -0.2) is 18.7 Å². The molecule has 1 atom stereocenters. The van der Waals surface area contributed by atoms with Crippen LogP contribution in [0.3, 0.4) is 0 Å². The molecule has 0 aromatic heterocycles. The summed E-state index contributed by atoms with van der Waals surface area (Å²) in [6.07, 6.45) is 1.17. The van der Waals surface area contributed by atoms with Crippen molar-refractivity contribution in [1.29, 1.82) is 0 Å². The van der Waals surface area contributed by atoms with Gasteiger partial charge in [0, 0.05) is 11.2 Å². The summed E-state index contributed by atoms with van der Waals surface area (Å²) in [5, 5.41) is 0. The van der Waals surface area contributed by atoms with Crippen LogP contribution >= 0.6 is 0 Å². The smallest absolute Gasteiger partial charge is 0.119 e. The van der Waals surface area contributed by atoms with Crippen molar-refractivity contribution in [1.82, 2.24) is 0 Å². The highest BCUT2D eigenvalue weighted by Crippen LogP contribution is 2.43. The van der Waals surface area contributed by atoms with Gasteiger partial charge in [-0.1, -0.05) is 52.0 Å². The average Bonchev–Trinajstić information content (AvgIpc) is 2.56. The highest BCUT2D eigenvalue weighted by molar-refractivity contribution is 5.61. The van der Waals surface area contributed by atoms with E-state index in [1.807, 2.05) is 0 Å². The summed E-state index contributed by atoms with van der Waals surface area (Å²) in [5.41, 5.74) is 5.82. The molecule has 0 saturated carbocycles. The van der Waals surface area contributed by atoms with Gasteiger partial charge in [0.25, 0.3) is 0 Å². The summed E-state index contributed by atoms with van der Waals surface area (Å²) in [5.74, 6) is 1.55. The van der Waals surface area contributed by atoms with Crippen molar-refractivity contribution in [3.05, 3.63) is 59.2 Å². The van der Waals surface area contributed by atoms with Crippen LogP contribution in [-0.2, 0) is 5.41 Å². The zero-order valence-corrected chi connectivity index (χ0v) is 18.1. The molecule has 0 saturated heterocycles. The van der Waals surface area contributed by atoms with E-state index < -0.39 is 0 Å². The number of fused-ring (bicyclic) bond motifs is 1. The Labute approximate surface area is 165 Å². The summed E-state index contributed by atoms with van der Waals surface area (Å²) in [6.45, 7) is 17.5. The highest BCUT2D eigenvalue weighted by atomic mass is 16.5. The zero-order valence-electron chi connectivity index (χ0n) is 18.1. The van der Waals surface area contributed by atoms with Gasteiger partial charge in [0.05, 0.1) is 6.54 Å². The van der Waals surface area contributed by atoms with E-state index >= 15 is 0 Å². The molecule has 1 heterocycles. The molecule has 0 fully saturated rings. The van der Waals surface area contributed by atoms with Gasteiger partial charge in [0.1, 0.15) is 12.4 Å². The van der Waals surface area contributed by atoms with Gasteiger partial charge in [0.15, 0.2) is 0 Å². The van der Waals surface area contributed by atoms with Crippen LogP contribution in [0.15, 0.2) is 42.5 Å². The first-order valence-corrected chi connectivity index (χ1v) is 10.2. The molecule has 0 N–H and O–H groups in total. The SMILES string of the molecule is Cc1ccc2c(c1)N(CCOc1ccc(C(C)(C)C)cc1)C(C)(C)CC2C. The molecular formula is C25H35NO. The van der Waals surface area contributed by atoms with E-state index in [9.17, 15) is 0 Å². The average molecular weight is 366 g/mol. The molecule has 0 aliphatic carbocycles. The number of anilines is 1. The Hall–Kier alpha value is -1.96. The molecule has 27 heavy (non-hydrogen) atoms. The van der Waals surface area contributed by atoms with Crippen molar-refractivity contribution in [3.63, 3.8) is 0 Å². The molecule has 146 valence electrons. The maximum Gasteiger partial charge on any atom is 0.119 e. The van der Waals surface area contributed by atoms with Crippen LogP contribution in [0.1, 0.15) is 70.6 Å². The van der Waals surface area contributed by atoms with Crippen molar-refractivity contribution in [2.75, 3.05) is 18.1 Å². The lowest BCUT2D eigenvalue weighted by atomic mass is 9.80. The van der Waals surface area contributed by atoms with E-state index in [-0.39, 0.29) is 11.0 Å². The third kappa shape index (κ3) is 4.31. The quantitative estimate of drug-likeness (QED) is 0.616. The van der Waals surface area contributed by atoms with Gasteiger partial charge < -0.3 is 9.64 Å².